The van der Waals surface area contributed by atoms with Crippen LogP contribution in [-0.4, -0.2) is 160 Å². The van der Waals surface area contributed by atoms with E-state index in [0.29, 0.717) is 85.0 Å². The Kier molecular flexibility index (Phi) is 20.1. The minimum atomic E-state index is -0.639. The van der Waals surface area contributed by atoms with Crippen LogP contribution in [0.3, 0.4) is 0 Å². The van der Waals surface area contributed by atoms with Gasteiger partial charge in [-0.3, -0.25) is 34.0 Å². The maximum Gasteiger partial charge on any atom is 0.323 e. The first-order valence-corrected chi connectivity index (χ1v) is 18.1. The van der Waals surface area contributed by atoms with Crippen molar-refractivity contribution in [2.24, 2.45) is 0 Å². The fourth-order valence-electron chi connectivity index (χ4n) is 5.87. The van der Waals surface area contributed by atoms with E-state index < -0.39 is 17.7 Å². The van der Waals surface area contributed by atoms with Crippen molar-refractivity contribution in [3.63, 3.8) is 0 Å². The van der Waals surface area contributed by atoms with Gasteiger partial charge in [0.15, 0.2) is 0 Å². The van der Waals surface area contributed by atoms with Gasteiger partial charge in [0.1, 0.15) is 36.3 Å². The van der Waals surface area contributed by atoms with Crippen molar-refractivity contribution in [2.45, 2.75) is 79.0 Å². The monoisotopic (exact) mass is 706 g/mol. The molecule has 2 atom stereocenters. The van der Waals surface area contributed by atoms with Crippen LogP contribution in [0, 0.1) is 0 Å². The standard InChI is InChI=1S/C37H62N4O9/c1-8-32(35(44)47-10-3)40-20-16-38(24-25-42)17-21-41(23-19-39(18-22-40)29-34(43)50-37(5,6)7)33(36(45)48-11-4)28-30-12-14-31(15-13-30)49-27-26-46-9-2/h12-15,25,32-33H,8-11,16-24,26-29H2,1-7H3. The first-order valence-electron chi connectivity index (χ1n) is 18.1. The van der Waals surface area contributed by atoms with Crippen LogP contribution >= 0.6 is 0 Å². The molecule has 0 bridgehead atoms. The Labute approximate surface area is 299 Å². The molecule has 0 amide bonds. The van der Waals surface area contributed by atoms with Gasteiger partial charge in [-0.25, -0.2) is 0 Å². The van der Waals surface area contributed by atoms with Crippen LogP contribution in [0.15, 0.2) is 24.3 Å². The lowest BCUT2D eigenvalue weighted by molar-refractivity contribution is -0.157. The van der Waals surface area contributed by atoms with Gasteiger partial charge in [0, 0.05) is 59.0 Å². The largest absolute Gasteiger partial charge is 0.491 e. The van der Waals surface area contributed by atoms with Crippen LogP contribution < -0.4 is 4.74 Å². The highest BCUT2D eigenvalue weighted by Gasteiger charge is 2.31. The van der Waals surface area contributed by atoms with Crippen molar-refractivity contribution >= 4 is 24.2 Å². The molecule has 2 rings (SSSR count). The lowest BCUT2D eigenvalue weighted by Gasteiger charge is -2.37. The molecule has 13 nitrogen and oxygen atoms in total. The molecule has 1 fully saturated rings. The quantitative estimate of drug-likeness (QED) is 0.0962. The smallest absolute Gasteiger partial charge is 0.323 e. The van der Waals surface area contributed by atoms with Crippen LogP contribution in [-0.2, 0) is 44.5 Å². The summed E-state index contributed by atoms with van der Waals surface area (Å²) in [7, 11) is 0. The molecular weight excluding hydrogens is 644 g/mol. The van der Waals surface area contributed by atoms with E-state index in [-0.39, 0.29) is 44.2 Å². The summed E-state index contributed by atoms with van der Waals surface area (Å²) in [6.45, 7) is 19.3. The molecule has 13 heteroatoms. The molecule has 1 saturated heterocycles. The van der Waals surface area contributed by atoms with Gasteiger partial charge in [0.05, 0.1) is 32.9 Å². The number of rotatable bonds is 18. The number of hydrogen-bond donors (Lipinski definition) is 0. The molecule has 0 saturated carbocycles. The minimum absolute atomic E-state index is 0.0568. The van der Waals surface area contributed by atoms with Gasteiger partial charge in [-0.15, -0.1) is 0 Å². The summed E-state index contributed by atoms with van der Waals surface area (Å²) in [5.41, 5.74) is 0.307. The maximum absolute atomic E-state index is 13.6. The third kappa shape index (κ3) is 16.3. The van der Waals surface area contributed by atoms with Crippen LogP contribution in [0.2, 0.25) is 0 Å². The molecule has 50 heavy (non-hydrogen) atoms. The molecule has 1 heterocycles. The topological polar surface area (TPSA) is 127 Å². The minimum Gasteiger partial charge on any atom is -0.491 e. The van der Waals surface area contributed by atoms with E-state index >= 15 is 0 Å². The van der Waals surface area contributed by atoms with Crippen LogP contribution in [0.4, 0.5) is 0 Å². The molecule has 0 spiro atoms. The second-order valence-electron chi connectivity index (χ2n) is 13.2. The number of nitrogens with zero attached hydrogens (tertiary/aromatic N) is 4. The number of aldehydes is 1. The summed E-state index contributed by atoms with van der Waals surface area (Å²) in [4.78, 5) is 59.6. The molecule has 0 N–H and O–H groups in total. The van der Waals surface area contributed by atoms with Crippen molar-refractivity contribution < 1.29 is 42.9 Å². The lowest BCUT2D eigenvalue weighted by Crippen LogP contribution is -2.54. The third-order valence-corrected chi connectivity index (χ3v) is 8.36. The zero-order chi connectivity index (χ0) is 36.9. The van der Waals surface area contributed by atoms with Gasteiger partial charge in [-0.2, -0.15) is 0 Å². The Hall–Kier alpha value is -3.10. The van der Waals surface area contributed by atoms with E-state index in [1.807, 2.05) is 68.7 Å². The lowest BCUT2D eigenvalue weighted by atomic mass is 10.0. The Balaban J connectivity index is 2.40. The number of carbonyl (C=O) groups is 4. The number of hydrogen-bond acceptors (Lipinski definition) is 13. The second-order valence-corrected chi connectivity index (χ2v) is 13.2. The molecule has 1 aliphatic rings. The Morgan fingerprint density at radius 3 is 1.78 bits per heavy atom. The predicted molar refractivity (Wildman–Crippen MR) is 191 cm³/mol. The first kappa shape index (κ1) is 43.1. The van der Waals surface area contributed by atoms with E-state index in [4.69, 9.17) is 23.7 Å². The zero-order valence-corrected chi connectivity index (χ0v) is 31.5. The molecular formula is C37H62N4O9. The summed E-state index contributed by atoms with van der Waals surface area (Å²) in [5, 5.41) is 0. The molecule has 1 aromatic carbocycles. The summed E-state index contributed by atoms with van der Waals surface area (Å²) in [6.07, 6.45) is 1.85. The van der Waals surface area contributed by atoms with E-state index in [2.05, 4.69) is 9.80 Å². The van der Waals surface area contributed by atoms with Crippen molar-refractivity contribution in [2.75, 3.05) is 98.5 Å². The first-order chi connectivity index (χ1) is 23.9. The highest BCUT2D eigenvalue weighted by atomic mass is 16.6. The average Bonchev–Trinajstić information content (AvgIpc) is 3.06. The zero-order valence-electron chi connectivity index (χ0n) is 31.5. The van der Waals surface area contributed by atoms with E-state index in [0.717, 1.165) is 17.6 Å². The van der Waals surface area contributed by atoms with Crippen molar-refractivity contribution in [3.05, 3.63) is 29.8 Å². The van der Waals surface area contributed by atoms with Crippen LogP contribution in [0.1, 0.15) is 60.5 Å². The number of benzene rings is 1. The average molecular weight is 707 g/mol. The molecule has 284 valence electrons. The fourth-order valence-corrected chi connectivity index (χ4v) is 5.87. The summed E-state index contributed by atoms with van der Waals surface area (Å²) in [5.74, 6) is -0.236. The Morgan fingerprint density at radius 2 is 1.28 bits per heavy atom. The predicted octanol–water partition coefficient (Wildman–Crippen LogP) is 2.68. The number of esters is 3. The van der Waals surface area contributed by atoms with Crippen molar-refractivity contribution in [1.29, 1.82) is 0 Å². The van der Waals surface area contributed by atoms with Gasteiger partial charge >= 0.3 is 17.9 Å². The van der Waals surface area contributed by atoms with E-state index in [1.165, 1.54) is 0 Å². The highest BCUT2D eigenvalue weighted by molar-refractivity contribution is 5.76. The molecule has 0 radical (unpaired) electrons. The molecule has 0 aromatic heterocycles. The second kappa shape index (κ2) is 23.4. The van der Waals surface area contributed by atoms with Crippen molar-refractivity contribution in [1.82, 2.24) is 19.6 Å². The van der Waals surface area contributed by atoms with E-state index in [9.17, 15) is 19.2 Å². The summed E-state index contributed by atoms with van der Waals surface area (Å²) >= 11 is 0. The van der Waals surface area contributed by atoms with Crippen LogP contribution in [0.25, 0.3) is 0 Å². The Morgan fingerprint density at radius 1 is 0.740 bits per heavy atom. The SMILES string of the molecule is CCOCCOc1ccc(CC(C(=O)OCC)N2CCN(CC=O)CCN(C(CC)C(=O)OCC)CCN(CC(=O)OC(C)(C)C)CC2)cc1. The third-order valence-electron chi connectivity index (χ3n) is 8.36. The highest BCUT2D eigenvalue weighted by Crippen LogP contribution is 2.18. The van der Waals surface area contributed by atoms with E-state index in [1.54, 1.807) is 13.8 Å². The maximum atomic E-state index is 13.6. The summed E-state index contributed by atoms with van der Waals surface area (Å²) in [6, 6.07) is 6.63. The molecule has 1 aliphatic heterocycles. The number of ether oxygens (including phenoxy) is 5. The van der Waals surface area contributed by atoms with Gasteiger partial charge in [-0.05, 0) is 72.1 Å². The van der Waals surface area contributed by atoms with Crippen LogP contribution in [0.5, 0.6) is 5.75 Å². The molecule has 1 aromatic rings. The number of carbonyl (C=O) groups excluding carboxylic acids is 4. The van der Waals surface area contributed by atoms with Crippen molar-refractivity contribution in [3.8, 4) is 5.75 Å². The summed E-state index contributed by atoms with van der Waals surface area (Å²) < 4.78 is 27.8. The van der Waals surface area contributed by atoms with Gasteiger partial charge < -0.3 is 28.5 Å². The van der Waals surface area contributed by atoms with Gasteiger partial charge in [0.2, 0.25) is 0 Å². The Bertz CT molecular complexity index is 1140. The fraction of sp³-hybridized carbons (Fsp3) is 0.730. The van der Waals surface area contributed by atoms with Gasteiger partial charge in [0.25, 0.3) is 0 Å². The molecule has 2 unspecified atom stereocenters. The normalized spacial score (nSPS) is 17.5. The van der Waals surface area contributed by atoms with Gasteiger partial charge in [-0.1, -0.05) is 19.1 Å². The molecule has 0 aliphatic carbocycles.